The summed E-state index contributed by atoms with van der Waals surface area (Å²) in [7, 11) is 0. The molecular formula is C20H19N5O. The van der Waals surface area contributed by atoms with E-state index in [0.29, 0.717) is 12.2 Å². The van der Waals surface area contributed by atoms with Crippen LogP contribution in [0.1, 0.15) is 23.1 Å². The summed E-state index contributed by atoms with van der Waals surface area (Å²) in [4.78, 5) is 20.5. The van der Waals surface area contributed by atoms with Gasteiger partial charge in [-0.25, -0.2) is 4.98 Å². The molecule has 2 N–H and O–H groups in total. The third-order valence-electron chi connectivity index (χ3n) is 4.22. The number of H-pyrrole nitrogens is 1. The molecule has 2 aromatic heterocycles. The SMILES string of the molecule is CCn1nc(C)cc1C(=O)Nc1cccc(-c2nc3ccccc3[nH]2)c1. The van der Waals surface area contributed by atoms with Crippen molar-refractivity contribution in [2.45, 2.75) is 20.4 Å². The van der Waals surface area contributed by atoms with Gasteiger partial charge in [0.25, 0.3) is 5.91 Å². The van der Waals surface area contributed by atoms with Gasteiger partial charge in [-0.2, -0.15) is 5.10 Å². The van der Waals surface area contributed by atoms with Crippen molar-refractivity contribution in [2.24, 2.45) is 0 Å². The van der Waals surface area contributed by atoms with Crippen LogP contribution < -0.4 is 5.32 Å². The fourth-order valence-corrected chi connectivity index (χ4v) is 3.00. The highest BCUT2D eigenvalue weighted by Crippen LogP contribution is 2.23. The molecule has 0 aliphatic carbocycles. The Morgan fingerprint density at radius 2 is 2.00 bits per heavy atom. The van der Waals surface area contributed by atoms with Gasteiger partial charge in [0.15, 0.2) is 0 Å². The summed E-state index contributed by atoms with van der Waals surface area (Å²) in [6, 6.07) is 17.3. The average molecular weight is 345 g/mol. The van der Waals surface area contributed by atoms with Crippen molar-refractivity contribution in [3.63, 3.8) is 0 Å². The highest BCUT2D eigenvalue weighted by Gasteiger charge is 2.14. The molecule has 6 heteroatoms. The number of nitrogens with zero attached hydrogens (tertiary/aromatic N) is 3. The number of rotatable bonds is 4. The van der Waals surface area contributed by atoms with E-state index in [9.17, 15) is 4.79 Å². The molecule has 0 radical (unpaired) electrons. The molecule has 2 heterocycles. The molecule has 0 atom stereocenters. The fraction of sp³-hybridized carbons (Fsp3) is 0.150. The standard InChI is InChI=1S/C20H19N5O/c1-3-25-18(11-13(2)24-25)20(26)21-15-8-6-7-14(12-15)19-22-16-9-4-5-10-17(16)23-19/h4-12H,3H2,1-2H3,(H,21,26)(H,22,23). The number of amides is 1. The number of carbonyl (C=O) groups excluding carboxylic acids is 1. The van der Waals surface area contributed by atoms with Crippen LogP contribution in [0.2, 0.25) is 0 Å². The largest absolute Gasteiger partial charge is 0.338 e. The van der Waals surface area contributed by atoms with Crippen LogP contribution in [0.25, 0.3) is 22.4 Å². The van der Waals surface area contributed by atoms with Gasteiger partial charge in [0.05, 0.1) is 16.7 Å². The maximum atomic E-state index is 12.6. The van der Waals surface area contributed by atoms with E-state index >= 15 is 0 Å². The molecular weight excluding hydrogens is 326 g/mol. The van der Waals surface area contributed by atoms with Crippen LogP contribution in [0.4, 0.5) is 5.69 Å². The van der Waals surface area contributed by atoms with Crippen molar-refractivity contribution < 1.29 is 4.79 Å². The molecule has 26 heavy (non-hydrogen) atoms. The van der Waals surface area contributed by atoms with E-state index in [4.69, 9.17) is 0 Å². The highest BCUT2D eigenvalue weighted by molar-refractivity contribution is 6.03. The van der Waals surface area contributed by atoms with Crippen LogP contribution in [-0.4, -0.2) is 25.7 Å². The number of benzene rings is 2. The van der Waals surface area contributed by atoms with Gasteiger partial charge in [0, 0.05) is 17.8 Å². The second kappa shape index (κ2) is 6.48. The van der Waals surface area contributed by atoms with Crippen LogP contribution in [-0.2, 0) is 6.54 Å². The Hall–Kier alpha value is -3.41. The third-order valence-corrected chi connectivity index (χ3v) is 4.22. The minimum Gasteiger partial charge on any atom is -0.338 e. The maximum absolute atomic E-state index is 12.6. The number of imidazole rings is 1. The highest BCUT2D eigenvalue weighted by atomic mass is 16.2. The fourth-order valence-electron chi connectivity index (χ4n) is 3.00. The molecule has 0 saturated heterocycles. The summed E-state index contributed by atoms with van der Waals surface area (Å²) in [6.07, 6.45) is 0. The molecule has 0 aliphatic rings. The van der Waals surface area contributed by atoms with E-state index in [2.05, 4.69) is 20.4 Å². The summed E-state index contributed by atoms with van der Waals surface area (Å²) >= 11 is 0. The molecule has 4 rings (SSSR count). The smallest absolute Gasteiger partial charge is 0.273 e. The first kappa shape index (κ1) is 16.1. The molecule has 130 valence electrons. The normalized spacial score (nSPS) is 11.0. The molecule has 6 nitrogen and oxygen atoms in total. The van der Waals surface area contributed by atoms with E-state index in [-0.39, 0.29) is 5.91 Å². The summed E-state index contributed by atoms with van der Waals surface area (Å²) in [6.45, 7) is 4.49. The van der Waals surface area contributed by atoms with Gasteiger partial charge >= 0.3 is 0 Å². The molecule has 0 aliphatic heterocycles. The maximum Gasteiger partial charge on any atom is 0.273 e. The molecule has 0 bridgehead atoms. The lowest BCUT2D eigenvalue weighted by atomic mass is 10.2. The first-order chi connectivity index (χ1) is 12.6. The van der Waals surface area contributed by atoms with Crippen molar-refractivity contribution in [3.8, 4) is 11.4 Å². The minimum atomic E-state index is -0.172. The third kappa shape index (κ3) is 2.97. The van der Waals surface area contributed by atoms with Crippen LogP contribution >= 0.6 is 0 Å². The monoisotopic (exact) mass is 345 g/mol. The van der Waals surface area contributed by atoms with Gasteiger partial charge in [-0.3, -0.25) is 9.48 Å². The molecule has 0 unspecified atom stereocenters. The lowest BCUT2D eigenvalue weighted by Crippen LogP contribution is -2.17. The Bertz CT molecular complexity index is 1060. The summed E-state index contributed by atoms with van der Waals surface area (Å²) < 4.78 is 1.70. The number of carbonyl (C=O) groups is 1. The van der Waals surface area contributed by atoms with E-state index in [1.54, 1.807) is 10.7 Å². The average Bonchev–Trinajstić information content (AvgIpc) is 3.25. The number of aromatic nitrogens is 4. The topological polar surface area (TPSA) is 75.6 Å². The van der Waals surface area contributed by atoms with Gasteiger partial charge < -0.3 is 10.3 Å². The van der Waals surface area contributed by atoms with Gasteiger partial charge in [0.2, 0.25) is 0 Å². The number of aromatic amines is 1. The molecule has 0 fully saturated rings. The molecule has 2 aromatic carbocycles. The molecule has 0 spiro atoms. The summed E-state index contributed by atoms with van der Waals surface area (Å²) in [5.74, 6) is 0.603. The second-order valence-electron chi connectivity index (χ2n) is 6.12. The van der Waals surface area contributed by atoms with E-state index in [1.807, 2.05) is 62.4 Å². The second-order valence-corrected chi connectivity index (χ2v) is 6.12. The lowest BCUT2D eigenvalue weighted by Gasteiger charge is -2.07. The summed E-state index contributed by atoms with van der Waals surface area (Å²) in [5, 5.41) is 7.27. The Kier molecular flexibility index (Phi) is 4.01. The van der Waals surface area contributed by atoms with Gasteiger partial charge in [-0.15, -0.1) is 0 Å². The van der Waals surface area contributed by atoms with Crippen LogP contribution in [0.5, 0.6) is 0 Å². The number of hydrogen-bond donors (Lipinski definition) is 2. The molecule has 0 saturated carbocycles. The van der Waals surface area contributed by atoms with Gasteiger partial charge in [-0.1, -0.05) is 24.3 Å². The Morgan fingerprint density at radius 3 is 2.81 bits per heavy atom. The van der Waals surface area contributed by atoms with E-state index < -0.39 is 0 Å². The number of para-hydroxylation sites is 2. The van der Waals surface area contributed by atoms with Crippen LogP contribution in [0.15, 0.2) is 54.6 Å². The minimum absolute atomic E-state index is 0.172. The van der Waals surface area contributed by atoms with E-state index in [0.717, 1.165) is 33.8 Å². The lowest BCUT2D eigenvalue weighted by molar-refractivity contribution is 0.101. The van der Waals surface area contributed by atoms with Crippen molar-refractivity contribution in [1.82, 2.24) is 19.7 Å². The predicted molar refractivity (Wildman–Crippen MR) is 102 cm³/mol. The van der Waals surface area contributed by atoms with Crippen LogP contribution in [0, 0.1) is 6.92 Å². The number of aryl methyl sites for hydroxylation is 2. The zero-order chi connectivity index (χ0) is 18.1. The zero-order valence-electron chi connectivity index (χ0n) is 14.7. The molecule has 4 aromatic rings. The quantitative estimate of drug-likeness (QED) is 0.587. The van der Waals surface area contributed by atoms with E-state index in [1.165, 1.54) is 0 Å². The van der Waals surface area contributed by atoms with Crippen molar-refractivity contribution in [2.75, 3.05) is 5.32 Å². The first-order valence-electron chi connectivity index (χ1n) is 8.55. The van der Waals surface area contributed by atoms with Crippen molar-refractivity contribution in [3.05, 3.63) is 66.0 Å². The number of nitrogens with one attached hydrogen (secondary N) is 2. The van der Waals surface area contributed by atoms with Gasteiger partial charge in [-0.05, 0) is 44.2 Å². The van der Waals surface area contributed by atoms with Crippen molar-refractivity contribution >= 4 is 22.6 Å². The number of fused-ring (bicyclic) bond motifs is 1. The Balaban J connectivity index is 1.62. The zero-order valence-corrected chi connectivity index (χ0v) is 14.7. The first-order valence-corrected chi connectivity index (χ1v) is 8.55. The van der Waals surface area contributed by atoms with Gasteiger partial charge in [0.1, 0.15) is 11.5 Å². The van der Waals surface area contributed by atoms with Crippen LogP contribution in [0.3, 0.4) is 0 Å². The summed E-state index contributed by atoms with van der Waals surface area (Å²) in [5.41, 5.74) is 4.92. The number of hydrogen-bond acceptors (Lipinski definition) is 3. The van der Waals surface area contributed by atoms with Crippen molar-refractivity contribution in [1.29, 1.82) is 0 Å². The Labute approximate surface area is 150 Å². The number of anilines is 1. The molecule has 1 amide bonds. The predicted octanol–water partition coefficient (Wildman–Crippen LogP) is 4.01. The Morgan fingerprint density at radius 1 is 1.15 bits per heavy atom.